The largest absolute Gasteiger partial charge is 0.342 e. The molecule has 1 aliphatic rings. The molecular formula is C14H20N4O2S. The van der Waals surface area contributed by atoms with Gasteiger partial charge in [0.2, 0.25) is 0 Å². The molecule has 6 nitrogen and oxygen atoms in total. The molecule has 1 aromatic carbocycles. The number of non-ortho nitro benzene ring substituents is 1. The summed E-state index contributed by atoms with van der Waals surface area (Å²) in [5.41, 5.74) is 4.08. The van der Waals surface area contributed by atoms with E-state index < -0.39 is 4.92 Å². The molecule has 1 fully saturated rings. The van der Waals surface area contributed by atoms with Crippen molar-refractivity contribution in [1.82, 2.24) is 10.7 Å². The Balaban J connectivity index is 2.20. The molecule has 1 heterocycles. The molecule has 7 heteroatoms. The fourth-order valence-corrected chi connectivity index (χ4v) is 3.02. The van der Waals surface area contributed by atoms with Crippen molar-refractivity contribution in [3.8, 4) is 0 Å². The van der Waals surface area contributed by atoms with Crippen LogP contribution < -0.4 is 15.8 Å². The number of anilines is 1. The Kier molecular flexibility index (Phi) is 4.74. The molecule has 0 unspecified atom stereocenters. The van der Waals surface area contributed by atoms with E-state index in [-0.39, 0.29) is 11.4 Å². The Morgan fingerprint density at radius 1 is 1.24 bits per heavy atom. The Labute approximate surface area is 129 Å². The third-order valence-electron chi connectivity index (χ3n) is 3.55. The van der Waals surface area contributed by atoms with Crippen LogP contribution in [0.2, 0.25) is 0 Å². The average Bonchev–Trinajstić information content (AvgIpc) is 2.76. The molecule has 2 rings (SSSR count). The highest BCUT2D eigenvalue weighted by molar-refractivity contribution is 7.80. The lowest BCUT2D eigenvalue weighted by Gasteiger charge is -2.29. The first-order valence-corrected chi connectivity index (χ1v) is 7.56. The molecule has 0 aliphatic carbocycles. The molecule has 0 saturated carbocycles. The van der Waals surface area contributed by atoms with Gasteiger partial charge in [-0.3, -0.25) is 15.1 Å². The molecule has 21 heavy (non-hydrogen) atoms. The van der Waals surface area contributed by atoms with E-state index in [1.54, 1.807) is 17.1 Å². The van der Waals surface area contributed by atoms with Gasteiger partial charge in [-0.05, 0) is 37.2 Å². The second-order valence-corrected chi connectivity index (χ2v) is 5.62. The zero-order valence-electron chi connectivity index (χ0n) is 12.3. The highest BCUT2D eigenvalue weighted by Crippen LogP contribution is 2.27. The molecule has 0 radical (unpaired) electrons. The Bertz CT molecular complexity index is 526. The lowest BCUT2D eigenvalue weighted by molar-refractivity contribution is -0.384. The third-order valence-corrected chi connectivity index (χ3v) is 3.83. The lowest BCUT2D eigenvalue weighted by atomic mass is 10.00. The van der Waals surface area contributed by atoms with Crippen molar-refractivity contribution in [2.45, 2.75) is 45.2 Å². The van der Waals surface area contributed by atoms with Crippen LogP contribution >= 0.6 is 12.2 Å². The van der Waals surface area contributed by atoms with Gasteiger partial charge in [-0.1, -0.05) is 26.7 Å². The van der Waals surface area contributed by atoms with Crippen LogP contribution in [0.15, 0.2) is 24.3 Å². The molecule has 0 amide bonds. The van der Waals surface area contributed by atoms with Crippen molar-refractivity contribution in [2.24, 2.45) is 0 Å². The predicted octanol–water partition coefficient (Wildman–Crippen LogP) is 3.09. The molecule has 0 bridgehead atoms. The molecule has 1 aliphatic heterocycles. The van der Waals surface area contributed by atoms with Crippen molar-refractivity contribution < 1.29 is 4.92 Å². The average molecular weight is 308 g/mol. The highest BCUT2D eigenvalue weighted by atomic mass is 32.1. The van der Waals surface area contributed by atoms with Crippen LogP contribution in [-0.2, 0) is 0 Å². The normalized spacial score (nSPS) is 16.9. The van der Waals surface area contributed by atoms with Gasteiger partial charge in [0.25, 0.3) is 5.69 Å². The smallest absolute Gasteiger partial charge is 0.269 e. The summed E-state index contributed by atoms with van der Waals surface area (Å²) < 4.78 is 0. The van der Waals surface area contributed by atoms with Gasteiger partial charge in [0, 0.05) is 12.1 Å². The van der Waals surface area contributed by atoms with Gasteiger partial charge >= 0.3 is 0 Å². The van der Waals surface area contributed by atoms with Crippen LogP contribution in [0, 0.1) is 10.1 Å². The predicted molar refractivity (Wildman–Crippen MR) is 87.0 cm³/mol. The summed E-state index contributed by atoms with van der Waals surface area (Å²) >= 11 is 5.40. The SMILES string of the molecule is CCCC1(CCC)NC(=S)N(c2ccc([N+](=O)[O-])cc2)N1. The molecule has 1 saturated heterocycles. The zero-order valence-corrected chi connectivity index (χ0v) is 13.1. The summed E-state index contributed by atoms with van der Waals surface area (Å²) in [5.74, 6) is 0. The topological polar surface area (TPSA) is 70.4 Å². The summed E-state index contributed by atoms with van der Waals surface area (Å²) in [5, 5.41) is 16.5. The van der Waals surface area contributed by atoms with Crippen LogP contribution in [0.1, 0.15) is 39.5 Å². The highest BCUT2D eigenvalue weighted by Gasteiger charge is 2.39. The maximum absolute atomic E-state index is 10.7. The minimum Gasteiger partial charge on any atom is -0.342 e. The van der Waals surface area contributed by atoms with Gasteiger partial charge in [-0.2, -0.15) is 0 Å². The van der Waals surface area contributed by atoms with Crippen LogP contribution in [0.5, 0.6) is 0 Å². The summed E-state index contributed by atoms with van der Waals surface area (Å²) in [4.78, 5) is 10.3. The Morgan fingerprint density at radius 2 is 1.81 bits per heavy atom. The maximum atomic E-state index is 10.7. The van der Waals surface area contributed by atoms with E-state index in [0.29, 0.717) is 5.11 Å². The van der Waals surface area contributed by atoms with Gasteiger partial charge in [0.15, 0.2) is 5.11 Å². The number of hydrazine groups is 1. The van der Waals surface area contributed by atoms with Gasteiger partial charge < -0.3 is 5.32 Å². The number of nitro benzene ring substituents is 1. The number of benzene rings is 1. The molecule has 114 valence electrons. The number of nitrogens with one attached hydrogen (secondary N) is 2. The van der Waals surface area contributed by atoms with Crippen molar-refractivity contribution in [1.29, 1.82) is 0 Å². The number of nitro groups is 1. The first-order chi connectivity index (χ1) is 10.0. The summed E-state index contributed by atoms with van der Waals surface area (Å²) in [6, 6.07) is 6.37. The van der Waals surface area contributed by atoms with E-state index in [2.05, 4.69) is 24.6 Å². The van der Waals surface area contributed by atoms with E-state index in [4.69, 9.17) is 12.2 Å². The second-order valence-electron chi connectivity index (χ2n) is 5.23. The molecule has 2 N–H and O–H groups in total. The number of hydrogen-bond donors (Lipinski definition) is 2. The van der Waals surface area contributed by atoms with Crippen LogP contribution in [0.25, 0.3) is 0 Å². The van der Waals surface area contributed by atoms with Crippen molar-refractivity contribution in [3.05, 3.63) is 34.4 Å². The van der Waals surface area contributed by atoms with Gasteiger partial charge in [0.1, 0.15) is 5.66 Å². The number of rotatable bonds is 6. The van der Waals surface area contributed by atoms with Crippen LogP contribution in [0.4, 0.5) is 11.4 Å². The van der Waals surface area contributed by atoms with Crippen molar-refractivity contribution in [2.75, 3.05) is 5.01 Å². The van der Waals surface area contributed by atoms with E-state index >= 15 is 0 Å². The van der Waals surface area contributed by atoms with Crippen LogP contribution in [0.3, 0.4) is 0 Å². The lowest BCUT2D eigenvalue weighted by Crippen LogP contribution is -2.51. The number of hydrogen-bond acceptors (Lipinski definition) is 4. The van der Waals surface area contributed by atoms with E-state index in [0.717, 1.165) is 31.4 Å². The number of thiocarbonyl (C=S) groups is 1. The van der Waals surface area contributed by atoms with Crippen molar-refractivity contribution in [3.63, 3.8) is 0 Å². The Hall–Kier alpha value is -1.73. The van der Waals surface area contributed by atoms with E-state index in [9.17, 15) is 10.1 Å². The second kappa shape index (κ2) is 6.36. The fraction of sp³-hybridized carbons (Fsp3) is 0.500. The molecule has 1 aromatic rings. The van der Waals surface area contributed by atoms with Gasteiger partial charge in [-0.25, -0.2) is 5.43 Å². The van der Waals surface area contributed by atoms with Gasteiger partial charge in [-0.15, -0.1) is 0 Å². The van der Waals surface area contributed by atoms with Gasteiger partial charge in [0.05, 0.1) is 10.6 Å². The minimum absolute atomic E-state index is 0.0743. The number of nitrogens with zero attached hydrogens (tertiary/aromatic N) is 2. The quantitative estimate of drug-likeness (QED) is 0.478. The monoisotopic (exact) mass is 308 g/mol. The fourth-order valence-electron chi connectivity index (χ4n) is 2.67. The standard InChI is InChI=1S/C14H20N4O2S/c1-3-9-14(10-4-2)15-13(21)17(16-14)11-5-7-12(8-6-11)18(19)20/h5-8,16H,3-4,9-10H2,1-2H3,(H,15,21). The minimum atomic E-state index is -0.407. The maximum Gasteiger partial charge on any atom is 0.269 e. The Morgan fingerprint density at radius 3 is 2.29 bits per heavy atom. The van der Waals surface area contributed by atoms with E-state index in [1.165, 1.54) is 12.1 Å². The first kappa shape index (κ1) is 15.7. The molecule has 0 aromatic heterocycles. The van der Waals surface area contributed by atoms with Crippen LogP contribution in [-0.4, -0.2) is 15.7 Å². The molecular weight excluding hydrogens is 288 g/mol. The summed E-state index contributed by atoms with van der Waals surface area (Å²) in [7, 11) is 0. The van der Waals surface area contributed by atoms with E-state index in [1.807, 2.05) is 0 Å². The molecule has 0 atom stereocenters. The first-order valence-electron chi connectivity index (χ1n) is 7.16. The zero-order chi connectivity index (χ0) is 15.5. The summed E-state index contributed by atoms with van der Waals surface area (Å²) in [6.45, 7) is 4.27. The summed E-state index contributed by atoms with van der Waals surface area (Å²) in [6.07, 6.45) is 4.00. The third kappa shape index (κ3) is 3.30. The molecule has 0 spiro atoms. The van der Waals surface area contributed by atoms with Crippen molar-refractivity contribution >= 4 is 28.7 Å².